The van der Waals surface area contributed by atoms with E-state index in [-0.39, 0.29) is 0 Å². The molecule has 1 N–H and O–H groups in total. The molecular weight excluding hydrogens is 116 g/mol. The summed E-state index contributed by atoms with van der Waals surface area (Å²) in [6.45, 7) is 2.75. The van der Waals surface area contributed by atoms with Crippen LogP contribution in [0.1, 0.15) is 26.2 Å². The molecular formula is C7H14O2. The normalized spacial score (nSPS) is 38.0. The van der Waals surface area contributed by atoms with E-state index in [2.05, 4.69) is 0 Å². The lowest BCUT2D eigenvalue weighted by Crippen LogP contribution is -2.18. The zero-order chi connectivity index (χ0) is 6.69. The van der Waals surface area contributed by atoms with Gasteiger partial charge in [0, 0.05) is 12.5 Å². The molecule has 0 spiro atoms. The SMILES string of the molecule is CC1CCCCOC1O. The van der Waals surface area contributed by atoms with Gasteiger partial charge >= 0.3 is 0 Å². The van der Waals surface area contributed by atoms with Crippen LogP contribution in [0.25, 0.3) is 0 Å². The Morgan fingerprint density at radius 3 is 3.00 bits per heavy atom. The summed E-state index contributed by atoms with van der Waals surface area (Å²) in [5.74, 6) is 0.326. The molecule has 1 heterocycles. The van der Waals surface area contributed by atoms with Crippen LogP contribution in [0.5, 0.6) is 0 Å². The Balaban J connectivity index is 2.32. The summed E-state index contributed by atoms with van der Waals surface area (Å²) in [6, 6.07) is 0. The minimum absolute atomic E-state index is 0.326. The lowest BCUT2D eigenvalue weighted by molar-refractivity contribution is -0.122. The maximum atomic E-state index is 9.14. The Hall–Kier alpha value is -0.0800. The zero-order valence-electron chi connectivity index (χ0n) is 5.84. The van der Waals surface area contributed by atoms with Crippen LogP contribution in [0.4, 0.5) is 0 Å². The van der Waals surface area contributed by atoms with Crippen LogP contribution in [0.2, 0.25) is 0 Å². The minimum atomic E-state index is -0.507. The average Bonchev–Trinajstić information content (AvgIpc) is 1.99. The molecule has 1 rings (SSSR count). The van der Waals surface area contributed by atoms with Gasteiger partial charge in [-0.3, -0.25) is 0 Å². The maximum Gasteiger partial charge on any atom is 0.157 e. The summed E-state index contributed by atoms with van der Waals surface area (Å²) in [4.78, 5) is 0. The third-order valence-corrected chi connectivity index (χ3v) is 1.83. The first-order valence-electron chi connectivity index (χ1n) is 3.60. The van der Waals surface area contributed by atoms with Gasteiger partial charge in [-0.1, -0.05) is 13.3 Å². The molecule has 2 atom stereocenters. The minimum Gasteiger partial charge on any atom is -0.368 e. The topological polar surface area (TPSA) is 29.5 Å². The van der Waals surface area contributed by atoms with Crippen molar-refractivity contribution in [1.82, 2.24) is 0 Å². The third kappa shape index (κ3) is 1.95. The van der Waals surface area contributed by atoms with Crippen LogP contribution >= 0.6 is 0 Å². The molecule has 2 heteroatoms. The summed E-state index contributed by atoms with van der Waals surface area (Å²) in [7, 11) is 0. The first kappa shape index (κ1) is 7.03. The lowest BCUT2D eigenvalue weighted by Gasteiger charge is -2.13. The number of aliphatic hydroxyl groups excluding tert-OH is 1. The zero-order valence-corrected chi connectivity index (χ0v) is 5.84. The molecule has 0 saturated carbocycles. The Kier molecular flexibility index (Phi) is 2.49. The number of ether oxygens (including phenoxy) is 1. The fourth-order valence-electron chi connectivity index (χ4n) is 1.08. The van der Waals surface area contributed by atoms with E-state index in [9.17, 15) is 0 Å². The molecule has 54 valence electrons. The van der Waals surface area contributed by atoms with E-state index in [0.29, 0.717) is 5.92 Å². The lowest BCUT2D eigenvalue weighted by atomic mass is 10.1. The fourth-order valence-corrected chi connectivity index (χ4v) is 1.08. The molecule has 0 aromatic rings. The van der Waals surface area contributed by atoms with E-state index in [4.69, 9.17) is 9.84 Å². The fraction of sp³-hybridized carbons (Fsp3) is 1.00. The number of hydrogen-bond acceptors (Lipinski definition) is 2. The van der Waals surface area contributed by atoms with Gasteiger partial charge in [-0.05, 0) is 12.8 Å². The van der Waals surface area contributed by atoms with Gasteiger partial charge in [0.05, 0.1) is 0 Å². The maximum absolute atomic E-state index is 9.14. The van der Waals surface area contributed by atoms with Crippen LogP contribution < -0.4 is 0 Å². The predicted octanol–water partition coefficient (Wildman–Crippen LogP) is 1.14. The molecule has 0 aromatic carbocycles. The van der Waals surface area contributed by atoms with Gasteiger partial charge in [-0.25, -0.2) is 0 Å². The number of rotatable bonds is 0. The van der Waals surface area contributed by atoms with Gasteiger partial charge < -0.3 is 9.84 Å². The van der Waals surface area contributed by atoms with Crippen LogP contribution in [-0.4, -0.2) is 18.0 Å². The van der Waals surface area contributed by atoms with Gasteiger partial charge in [0.15, 0.2) is 6.29 Å². The highest BCUT2D eigenvalue weighted by atomic mass is 16.6. The van der Waals surface area contributed by atoms with E-state index in [0.717, 1.165) is 19.4 Å². The molecule has 0 amide bonds. The second kappa shape index (κ2) is 3.18. The number of aliphatic hydroxyl groups is 1. The molecule has 0 bridgehead atoms. The standard InChI is InChI=1S/C7H14O2/c1-6-4-2-3-5-9-7(6)8/h6-8H,2-5H2,1H3. The van der Waals surface area contributed by atoms with E-state index < -0.39 is 6.29 Å². The highest BCUT2D eigenvalue weighted by Crippen LogP contribution is 2.17. The smallest absolute Gasteiger partial charge is 0.157 e. The third-order valence-electron chi connectivity index (χ3n) is 1.83. The summed E-state index contributed by atoms with van der Waals surface area (Å²) in [5, 5.41) is 9.14. The average molecular weight is 130 g/mol. The van der Waals surface area contributed by atoms with Crippen LogP contribution in [-0.2, 0) is 4.74 Å². The van der Waals surface area contributed by atoms with Crippen molar-refractivity contribution < 1.29 is 9.84 Å². The molecule has 1 aliphatic rings. The molecule has 0 radical (unpaired) electrons. The molecule has 1 aliphatic heterocycles. The summed E-state index contributed by atoms with van der Waals surface area (Å²) in [5.41, 5.74) is 0. The molecule has 9 heavy (non-hydrogen) atoms. The summed E-state index contributed by atoms with van der Waals surface area (Å²) in [6.07, 6.45) is 2.88. The van der Waals surface area contributed by atoms with Crippen molar-refractivity contribution in [2.24, 2.45) is 5.92 Å². The van der Waals surface area contributed by atoms with Gasteiger partial charge in [-0.15, -0.1) is 0 Å². The second-order valence-electron chi connectivity index (χ2n) is 2.73. The Bertz CT molecular complexity index is 73.0. The Morgan fingerprint density at radius 1 is 1.44 bits per heavy atom. The van der Waals surface area contributed by atoms with E-state index in [1.807, 2.05) is 6.92 Å². The van der Waals surface area contributed by atoms with Gasteiger partial charge in [0.2, 0.25) is 0 Å². The molecule has 0 aromatic heterocycles. The molecule has 1 saturated heterocycles. The highest BCUT2D eigenvalue weighted by molar-refractivity contribution is 4.59. The van der Waals surface area contributed by atoms with Crippen molar-refractivity contribution in [3.05, 3.63) is 0 Å². The van der Waals surface area contributed by atoms with Crippen LogP contribution in [0.15, 0.2) is 0 Å². The molecule has 2 unspecified atom stereocenters. The van der Waals surface area contributed by atoms with Crippen LogP contribution in [0, 0.1) is 5.92 Å². The van der Waals surface area contributed by atoms with Crippen molar-refractivity contribution in [2.75, 3.05) is 6.61 Å². The van der Waals surface area contributed by atoms with Crippen molar-refractivity contribution in [2.45, 2.75) is 32.5 Å². The van der Waals surface area contributed by atoms with Gasteiger partial charge in [0.1, 0.15) is 0 Å². The second-order valence-corrected chi connectivity index (χ2v) is 2.73. The van der Waals surface area contributed by atoms with Crippen molar-refractivity contribution in [3.8, 4) is 0 Å². The van der Waals surface area contributed by atoms with Crippen molar-refractivity contribution in [3.63, 3.8) is 0 Å². The van der Waals surface area contributed by atoms with E-state index in [1.54, 1.807) is 0 Å². The van der Waals surface area contributed by atoms with E-state index >= 15 is 0 Å². The summed E-state index contributed by atoms with van der Waals surface area (Å²) >= 11 is 0. The molecule has 2 nitrogen and oxygen atoms in total. The van der Waals surface area contributed by atoms with Gasteiger partial charge in [0.25, 0.3) is 0 Å². The van der Waals surface area contributed by atoms with Gasteiger partial charge in [-0.2, -0.15) is 0 Å². The Labute approximate surface area is 55.8 Å². The van der Waals surface area contributed by atoms with Crippen molar-refractivity contribution in [1.29, 1.82) is 0 Å². The monoisotopic (exact) mass is 130 g/mol. The van der Waals surface area contributed by atoms with E-state index in [1.165, 1.54) is 6.42 Å². The largest absolute Gasteiger partial charge is 0.368 e. The Morgan fingerprint density at radius 2 is 2.22 bits per heavy atom. The quantitative estimate of drug-likeness (QED) is 0.533. The van der Waals surface area contributed by atoms with Crippen LogP contribution in [0.3, 0.4) is 0 Å². The summed E-state index contributed by atoms with van der Waals surface area (Å²) < 4.78 is 5.07. The first-order chi connectivity index (χ1) is 4.30. The highest BCUT2D eigenvalue weighted by Gasteiger charge is 2.16. The molecule has 0 aliphatic carbocycles. The first-order valence-corrected chi connectivity index (χ1v) is 3.60. The molecule has 1 fully saturated rings. The predicted molar refractivity (Wildman–Crippen MR) is 35.0 cm³/mol. The number of hydrogen-bond donors (Lipinski definition) is 1. The van der Waals surface area contributed by atoms with Crippen molar-refractivity contribution >= 4 is 0 Å².